The maximum absolute atomic E-state index is 2.41. The zero-order valence-electron chi connectivity index (χ0n) is 27.5. The van der Waals surface area contributed by atoms with E-state index in [4.69, 9.17) is 0 Å². The number of benzene rings is 8. The summed E-state index contributed by atoms with van der Waals surface area (Å²) in [4.78, 5) is 4.80. The van der Waals surface area contributed by atoms with Gasteiger partial charge in [-0.25, -0.2) is 0 Å². The molecule has 8 aromatic rings. The highest BCUT2D eigenvalue weighted by molar-refractivity contribution is 6.03. The molecule has 0 aliphatic carbocycles. The van der Waals surface area contributed by atoms with Gasteiger partial charge in [-0.3, -0.25) is 0 Å². The van der Waals surface area contributed by atoms with Gasteiger partial charge in [0.25, 0.3) is 0 Å². The zero-order chi connectivity index (χ0) is 33.3. The van der Waals surface area contributed by atoms with E-state index < -0.39 is 0 Å². The van der Waals surface area contributed by atoms with Crippen LogP contribution in [-0.4, -0.2) is 0 Å². The summed E-state index contributed by atoms with van der Waals surface area (Å²) in [6.45, 7) is 0. The van der Waals surface area contributed by atoms with Crippen LogP contribution in [0.4, 0.5) is 34.1 Å². The first-order valence-corrected chi connectivity index (χ1v) is 17.1. The second kappa shape index (κ2) is 12.8. The van der Waals surface area contributed by atoms with E-state index in [2.05, 4.69) is 216 Å². The molecule has 1 aliphatic heterocycles. The fourth-order valence-electron chi connectivity index (χ4n) is 7.27. The summed E-state index contributed by atoms with van der Waals surface area (Å²) < 4.78 is 0. The van der Waals surface area contributed by atoms with Crippen LogP contribution >= 0.6 is 0 Å². The Bertz CT molecular complexity index is 2350. The monoisotopic (exact) mass is 638 g/mol. The van der Waals surface area contributed by atoms with Gasteiger partial charge in [0.15, 0.2) is 0 Å². The first kappa shape index (κ1) is 29.5. The molecule has 8 aromatic carbocycles. The Kier molecular flexibility index (Phi) is 7.53. The molecular formula is C48H34N2. The normalized spacial score (nSPS) is 11.6. The molecule has 0 aromatic heterocycles. The fraction of sp³-hybridized carbons (Fsp3) is 0. The quantitative estimate of drug-likeness (QED) is 0.179. The largest absolute Gasteiger partial charge is 0.310 e. The van der Waals surface area contributed by atoms with Crippen molar-refractivity contribution < 1.29 is 0 Å². The molecule has 0 saturated carbocycles. The Morgan fingerprint density at radius 2 is 0.720 bits per heavy atom. The highest BCUT2D eigenvalue weighted by Crippen LogP contribution is 2.52. The van der Waals surface area contributed by atoms with Crippen LogP contribution in [0.3, 0.4) is 0 Å². The van der Waals surface area contributed by atoms with Crippen molar-refractivity contribution in [3.63, 3.8) is 0 Å². The van der Waals surface area contributed by atoms with E-state index in [1.165, 1.54) is 50.2 Å². The summed E-state index contributed by atoms with van der Waals surface area (Å²) in [7, 11) is 0. The van der Waals surface area contributed by atoms with Crippen LogP contribution in [0.1, 0.15) is 0 Å². The van der Waals surface area contributed by atoms with Gasteiger partial charge in [-0.05, 0) is 94.0 Å². The van der Waals surface area contributed by atoms with Crippen LogP contribution in [0.15, 0.2) is 206 Å². The predicted octanol–water partition coefficient (Wildman–Crippen LogP) is 13.6. The van der Waals surface area contributed by atoms with E-state index in [9.17, 15) is 0 Å². The number of nitrogens with zero attached hydrogens (tertiary/aromatic N) is 2. The predicted molar refractivity (Wildman–Crippen MR) is 211 cm³/mol. The van der Waals surface area contributed by atoms with Crippen LogP contribution in [-0.2, 0) is 0 Å². The summed E-state index contributed by atoms with van der Waals surface area (Å²) in [5.41, 5.74) is 16.3. The average Bonchev–Trinajstić information content (AvgIpc) is 3.32. The van der Waals surface area contributed by atoms with Gasteiger partial charge in [-0.2, -0.15) is 0 Å². The number of hydrogen-bond acceptors (Lipinski definition) is 2. The van der Waals surface area contributed by atoms with Crippen LogP contribution in [0, 0.1) is 0 Å². The summed E-state index contributed by atoms with van der Waals surface area (Å²) in [5.74, 6) is 0. The van der Waals surface area contributed by atoms with E-state index in [1.54, 1.807) is 0 Å². The molecule has 2 nitrogen and oxygen atoms in total. The molecule has 0 radical (unpaired) electrons. The van der Waals surface area contributed by atoms with Crippen molar-refractivity contribution in [2.75, 3.05) is 9.80 Å². The molecule has 0 saturated heterocycles. The maximum atomic E-state index is 2.41. The van der Waals surface area contributed by atoms with Gasteiger partial charge in [-0.1, -0.05) is 146 Å². The third-order valence-electron chi connectivity index (χ3n) is 9.57. The first-order chi connectivity index (χ1) is 24.8. The molecule has 1 heterocycles. The third-order valence-corrected chi connectivity index (χ3v) is 9.57. The number of hydrogen-bond donors (Lipinski definition) is 0. The smallest absolute Gasteiger partial charge is 0.0542 e. The van der Waals surface area contributed by atoms with Gasteiger partial charge < -0.3 is 9.80 Å². The van der Waals surface area contributed by atoms with Crippen molar-refractivity contribution in [3.05, 3.63) is 206 Å². The van der Waals surface area contributed by atoms with E-state index in [0.29, 0.717) is 0 Å². The minimum Gasteiger partial charge on any atom is -0.310 e. The lowest BCUT2D eigenvalue weighted by atomic mass is 9.94. The summed E-state index contributed by atoms with van der Waals surface area (Å²) in [5, 5.41) is 0. The lowest BCUT2D eigenvalue weighted by Gasteiger charge is -2.30. The highest BCUT2D eigenvalue weighted by atomic mass is 15.2. The Morgan fingerprint density at radius 3 is 1.32 bits per heavy atom. The maximum Gasteiger partial charge on any atom is 0.0542 e. The molecule has 236 valence electrons. The summed E-state index contributed by atoms with van der Waals surface area (Å²) in [6.07, 6.45) is 0. The Labute approximate surface area is 293 Å². The van der Waals surface area contributed by atoms with Crippen LogP contribution in [0.5, 0.6) is 0 Å². The molecule has 0 bridgehead atoms. The van der Waals surface area contributed by atoms with Crippen LogP contribution in [0.25, 0.3) is 44.5 Å². The molecule has 50 heavy (non-hydrogen) atoms. The van der Waals surface area contributed by atoms with Crippen LogP contribution < -0.4 is 9.80 Å². The number of fused-ring (bicyclic) bond motifs is 5. The van der Waals surface area contributed by atoms with E-state index in [0.717, 1.165) is 28.4 Å². The number of rotatable bonds is 6. The summed E-state index contributed by atoms with van der Waals surface area (Å²) in [6, 6.07) is 74.2. The van der Waals surface area contributed by atoms with Gasteiger partial charge in [0.1, 0.15) is 0 Å². The van der Waals surface area contributed by atoms with E-state index >= 15 is 0 Å². The van der Waals surface area contributed by atoms with Crippen molar-refractivity contribution in [2.45, 2.75) is 0 Å². The average molecular weight is 639 g/mol. The van der Waals surface area contributed by atoms with Crippen molar-refractivity contribution in [1.29, 1.82) is 0 Å². The second-order valence-corrected chi connectivity index (χ2v) is 12.6. The molecule has 0 amide bonds. The Balaban J connectivity index is 1.28. The van der Waals surface area contributed by atoms with Gasteiger partial charge in [-0.15, -0.1) is 0 Å². The van der Waals surface area contributed by atoms with Gasteiger partial charge >= 0.3 is 0 Å². The van der Waals surface area contributed by atoms with Gasteiger partial charge in [0, 0.05) is 33.9 Å². The summed E-state index contributed by atoms with van der Waals surface area (Å²) >= 11 is 0. The molecular weight excluding hydrogens is 605 g/mol. The van der Waals surface area contributed by atoms with Crippen LogP contribution in [0.2, 0.25) is 0 Å². The van der Waals surface area contributed by atoms with Crippen molar-refractivity contribution >= 4 is 34.1 Å². The lowest BCUT2D eigenvalue weighted by molar-refractivity contribution is 1.26. The molecule has 0 unspecified atom stereocenters. The Morgan fingerprint density at radius 1 is 0.280 bits per heavy atom. The number of para-hydroxylation sites is 2. The molecule has 1 aliphatic rings. The molecule has 2 heteroatoms. The van der Waals surface area contributed by atoms with Gasteiger partial charge in [0.05, 0.1) is 11.4 Å². The zero-order valence-corrected chi connectivity index (χ0v) is 27.5. The van der Waals surface area contributed by atoms with E-state index in [1.807, 2.05) is 0 Å². The molecule has 0 atom stereocenters. The highest BCUT2D eigenvalue weighted by Gasteiger charge is 2.27. The topological polar surface area (TPSA) is 6.48 Å². The van der Waals surface area contributed by atoms with Gasteiger partial charge in [0.2, 0.25) is 0 Å². The second-order valence-electron chi connectivity index (χ2n) is 12.6. The van der Waals surface area contributed by atoms with E-state index in [-0.39, 0.29) is 0 Å². The molecule has 0 N–H and O–H groups in total. The standard InChI is InChI=1S/C48H34N2/c1-4-16-35(17-5-1)37-20-14-24-40(32-37)49(41-25-15-21-38(33-41)36-18-6-2-7-19-36)42-30-31-48-46(34-42)44-27-11-10-26-43(44)45-28-12-13-29-47(45)50(48)39-22-8-3-9-23-39/h1-34H. The molecule has 0 spiro atoms. The molecule has 0 fully saturated rings. The Hall–Kier alpha value is -6.64. The lowest BCUT2D eigenvalue weighted by Crippen LogP contribution is -2.13. The fourth-order valence-corrected chi connectivity index (χ4v) is 7.27. The number of anilines is 6. The SMILES string of the molecule is c1ccc(-c2cccc(N(c3cccc(-c4ccccc4)c3)c3ccc4c(c3)-c3ccccc3-c3ccccc3N4c3ccccc3)c2)cc1. The van der Waals surface area contributed by atoms with Crippen molar-refractivity contribution in [1.82, 2.24) is 0 Å². The van der Waals surface area contributed by atoms with Crippen molar-refractivity contribution in [2.24, 2.45) is 0 Å². The minimum atomic E-state index is 1.09. The van der Waals surface area contributed by atoms with Crippen molar-refractivity contribution in [3.8, 4) is 44.5 Å². The third kappa shape index (κ3) is 5.34. The first-order valence-electron chi connectivity index (χ1n) is 17.1. The molecule has 9 rings (SSSR count). The minimum absolute atomic E-state index is 1.09.